The molecule has 218 valence electrons. The number of nitrogens with zero attached hydrogens (tertiary/aromatic N) is 2. The van der Waals surface area contributed by atoms with Gasteiger partial charge in [0.2, 0.25) is 0 Å². The molecule has 2 nitrogen and oxygen atoms in total. The van der Waals surface area contributed by atoms with E-state index in [4.69, 9.17) is 0 Å². The van der Waals surface area contributed by atoms with Gasteiger partial charge in [0.1, 0.15) is 12.4 Å². The maximum atomic E-state index is 2.60. The summed E-state index contributed by atoms with van der Waals surface area (Å²) in [4.78, 5) is 0. The number of hydrogen-bond donors (Lipinski definition) is 0. The molecule has 1 aromatic heterocycles. The first kappa shape index (κ1) is 34.2. The van der Waals surface area contributed by atoms with Crippen molar-refractivity contribution >= 4 is 0 Å². The summed E-state index contributed by atoms with van der Waals surface area (Å²) in [6, 6.07) is 0. The number of rotatable bonds is 29. The minimum Gasteiger partial charge on any atom is -0.234 e. The van der Waals surface area contributed by atoms with Gasteiger partial charge >= 0.3 is 0 Å². The third kappa shape index (κ3) is 19.9. The molecule has 0 radical (unpaired) electrons. The van der Waals surface area contributed by atoms with Crippen LogP contribution >= 0.6 is 0 Å². The summed E-state index contributed by atoms with van der Waals surface area (Å²) >= 11 is 0. The first-order valence-electron chi connectivity index (χ1n) is 17.4. The van der Waals surface area contributed by atoms with Crippen LogP contribution in [-0.2, 0) is 19.5 Å². The van der Waals surface area contributed by atoms with Gasteiger partial charge in [0.25, 0.3) is 5.82 Å². The molecule has 0 aromatic carbocycles. The topological polar surface area (TPSA) is 8.81 Å². The molecule has 0 aliphatic carbocycles. The van der Waals surface area contributed by atoms with Gasteiger partial charge in [-0.2, -0.15) is 0 Å². The van der Waals surface area contributed by atoms with Gasteiger partial charge in [0, 0.05) is 6.42 Å². The van der Waals surface area contributed by atoms with E-state index in [-0.39, 0.29) is 0 Å². The zero-order valence-electron chi connectivity index (χ0n) is 26.1. The summed E-state index contributed by atoms with van der Waals surface area (Å²) in [5.41, 5.74) is 0. The summed E-state index contributed by atoms with van der Waals surface area (Å²) in [7, 11) is 0. The molecule has 0 N–H and O–H groups in total. The minimum atomic E-state index is 1.21. The van der Waals surface area contributed by atoms with Gasteiger partial charge < -0.3 is 0 Å². The van der Waals surface area contributed by atoms with E-state index >= 15 is 0 Å². The molecule has 1 aromatic rings. The molecule has 0 unspecified atom stereocenters. The summed E-state index contributed by atoms with van der Waals surface area (Å²) < 4.78 is 5.19. The molecule has 1 rings (SSSR count). The predicted octanol–water partition coefficient (Wildman–Crippen LogP) is 11.5. The second kappa shape index (κ2) is 26.8. The minimum absolute atomic E-state index is 1.21. The molecule has 0 fully saturated rings. The smallest absolute Gasteiger partial charge is 0.234 e. The van der Waals surface area contributed by atoms with E-state index in [0.717, 1.165) is 0 Å². The molecule has 1 heterocycles. The number of imidazole rings is 1. The monoisotopic (exact) mass is 518 g/mol. The lowest BCUT2D eigenvalue weighted by Crippen LogP contribution is -2.37. The highest BCUT2D eigenvalue weighted by Crippen LogP contribution is 2.15. The Bertz CT molecular complexity index is 576. The van der Waals surface area contributed by atoms with Crippen LogP contribution in [0.2, 0.25) is 0 Å². The van der Waals surface area contributed by atoms with Crippen LogP contribution < -0.4 is 4.57 Å². The summed E-state index contributed by atoms with van der Waals surface area (Å²) in [5, 5.41) is 0. The predicted molar refractivity (Wildman–Crippen MR) is 165 cm³/mol. The van der Waals surface area contributed by atoms with Gasteiger partial charge in [0.15, 0.2) is 0 Å². The van der Waals surface area contributed by atoms with Crippen molar-refractivity contribution in [2.75, 3.05) is 0 Å². The fourth-order valence-corrected chi connectivity index (χ4v) is 5.80. The third-order valence-electron chi connectivity index (χ3n) is 8.35. The van der Waals surface area contributed by atoms with Crippen molar-refractivity contribution in [2.24, 2.45) is 0 Å². The first-order chi connectivity index (χ1) is 18.3. The lowest BCUT2D eigenvalue weighted by atomic mass is 10.0. The average molecular weight is 518 g/mol. The summed E-state index contributed by atoms with van der Waals surface area (Å²) in [5.74, 6) is 1.60. The maximum absolute atomic E-state index is 2.60. The molecule has 0 aliphatic rings. The Kier molecular flexibility index (Phi) is 24.8. The zero-order valence-corrected chi connectivity index (χ0v) is 26.1. The number of aromatic nitrogens is 2. The van der Waals surface area contributed by atoms with Gasteiger partial charge in [-0.25, -0.2) is 9.13 Å². The second-order valence-electron chi connectivity index (χ2n) is 12.0. The molecular weight excluding hydrogens is 448 g/mol. The van der Waals surface area contributed by atoms with Gasteiger partial charge in [0.05, 0.1) is 13.1 Å². The molecule has 0 atom stereocenters. The van der Waals surface area contributed by atoms with Crippen molar-refractivity contribution in [3.63, 3.8) is 0 Å². The molecule has 2 heteroatoms. The van der Waals surface area contributed by atoms with E-state index in [1.807, 2.05) is 0 Å². The van der Waals surface area contributed by atoms with Crippen molar-refractivity contribution in [3.8, 4) is 0 Å². The Morgan fingerprint density at radius 2 is 0.838 bits per heavy atom. The molecule has 0 spiro atoms. The first-order valence-corrected chi connectivity index (χ1v) is 17.4. The van der Waals surface area contributed by atoms with Crippen molar-refractivity contribution in [1.82, 2.24) is 4.57 Å². The highest BCUT2D eigenvalue weighted by molar-refractivity contribution is 4.84. The average Bonchev–Trinajstić information content (AvgIpc) is 3.29. The third-order valence-corrected chi connectivity index (χ3v) is 8.35. The summed E-state index contributed by atoms with van der Waals surface area (Å²) in [6.45, 7) is 9.37. The second-order valence-corrected chi connectivity index (χ2v) is 12.0. The normalized spacial score (nSPS) is 11.5. The molecule has 0 bridgehead atoms. The molecule has 0 amide bonds. The van der Waals surface area contributed by atoms with Crippen molar-refractivity contribution < 1.29 is 4.57 Å². The van der Waals surface area contributed by atoms with Crippen LogP contribution in [0.25, 0.3) is 0 Å². The van der Waals surface area contributed by atoms with Crippen LogP contribution in [0.15, 0.2) is 12.4 Å². The largest absolute Gasteiger partial charge is 0.256 e. The van der Waals surface area contributed by atoms with Crippen LogP contribution in [0.5, 0.6) is 0 Å². The van der Waals surface area contributed by atoms with Crippen molar-refractivity contribution in [3.05, 3.63) is 18.2 Å². The SMILES string of the molecule is CCCCCCCCCCCCCCCCCCn1cc[n+](CCCCC)c1CCCCCCCCC. The lowest BCUT2D eigenvalue weighted by molar-refractivity contribution is -0.704. The van der Waals surface area contributed by atoms with E-state index in [2.05, 4.69) is 42.3 Å². The highest BCUT2D eigenvalue weighted by Gasteiger charge is 2.16. The Morgan fingerprint density at radius 1 is 0.459 bits per heavy atom. The van der Waals surface area contributed by atoms with Crippen LogP contribution in [0, 0.1) is 0 Å². The van der Waals surface area contributed by atoms with E-state index in [9.17, 15) is 0 Å². The van der Waals surface area contributed by atoms with Crippen LogP contribution in [0.4, 0.5) is 0 Å². The maximum Gasteiger partial charge on any atom is 0.256 e. The van der Waals surface area contributed by atoms with Crippen molar-refractivity contribution in [1.29, 1.82) is 0 Å². The highest BCUT2D eigenvalue weighted by atomic mass is 15.1. The van der Waals surface area contributed by atoms with E-state index < -0.39 is 0 Å². The molecule has 0 aliphatic heterocycles. The fourth-order valence-electron chi connectivity index (χ4n) is 5.80. The lowest BCUT2D eigenvalue weighted by Gasteiger charge is -2.07. The van der Waals surface area contributed by atoms with E-state index in [1.54, 1.807) is 5.82 Å². The van der Waals surface area contributed by atoms with E-state index in [0.29, 0.717) is 0 Å². The quantitative estimate of drug-likeness (QED) is 0.0737. The van der Waals surface area contributed by atoms with Crippen LogP contribution in [0.1, 0.15) is 194 Å². The van der Waals surface area contributed by atoms with Gasteiger partial charge in [-0.15, -0.1) is 0 Å². The Labute approximate surface area is 234 Å². The molecule has 0 saturated heterocycles. The standard InChI is InChI=1S/C35H69N2/c1-4-7-10-12-14-15-16-17-18-19-20-21-22-24-26-29-32-37-34-33-36(31-28-9-6-3)35(37)30-27-25-23-13-11-8-5-2/h33-34H,4-32H2,1-3H3/q+1. The number of aryl methyl sites for hydroxylation is 2. The van der Waals surface area contributed by atoms with Crippen molar-refractivity contribution in [2.45, 2.75) is 207 Å². The Hall–Kier alpha value is -0.790. The van der Waals surface area contributed by atoms with Gasteiger partial charge in [-0.05, 0) is 32.1 Å². The molecule has 0 saturated carbocycles. The molecule has 37 heavy (non-hydrogen) atoms. The summed E-state index contributed by atoms with van der Waals surface area (Å²) in [6.07, 6.45) is 43.0. The number of unbranched alkanes of at least 4 members (excludes halogenated alkanes) is 23. The number of hydrogen-bond acceptors (Lipinski definition) is 0. The van der Waals surface area contributed by atoms with Crippen LogP contribution in [-0.4, -0.2) is 4.57 Å². The van der Waals surface area contributed by atoms with Crippen LogP contribution in [0.3, 0.4) is 0 Å². The van der Waals surface area contributed by atoms with E-state index in [1.165, 1.54) is 186 Å². The zero-order chi connectivity index (χ0) is 26.7. The molecular formula is C35H69N2+. The fraction of sp³-hybridized carbons (Fsp3) is 0.914. The van der Waals surface area contributed by atoms with Gasteiger partial charge in [-0.1, -0.05) is 156 Å². The Balaban J connectivity index is 2.12. The Morgan fingerprint density at radius 3 is 1.30 bits per heavy atom. The van der Waals surface area contributed by atoms with Gasteiger partial charge in [-0.3, -0.25) is 0 Å².